The number of hydrogen-bond acceptors (Lipinski definition) is 16. The van der Waals surface area contributed by atoms with E-state index in [1.54, 1.807) is 30.4 Å². The lowest BCUT2D eigenvalue weighted by molar-refractivity contribution is -0.287. The Balaban J connectivity index is 1.17. The molecule has 9 atom stereocenters. The number of ketones is 2. The summed E-state index contributed by atoms with van der Waals surface area (Å²) in [5.74, 6) is -2.49. The number of aliphatic hydroxyl groups excluding tert-OH is 2. The largest absolute Gasteiger partial charge is 0.504 e. The van der Waals surface area contributed by atoms with Crippen LogP contribution in [0, 0.1) is 0 Å². The molecule has 2 bridgehead atoms. The zero-order valence-electron chi connectivity index (χ0n) is 31.0. The molecule has 1 aliphatic carbocycles. The number of para-hydroxylation sites is 1. The number of nitrogens with two attached hydrogens (primary N) is 2. The molecule has 3 aromatic rings. The molecule has 3 saturated heterocycles. The average molecular weight is 794 g/mol. The molecule has 3 aromatic carbocycles. The van der Waals surface area contributed by atoms with Crippen molar-refractivity contribution >= 4 is 23.2 Å². The Labute approximate surface area is 332 Å². The van der Waals surface area contributed by atoms with Crippen LogP contribution in [0.3, 0.4) is 0 Å². The van der Waals surface area contributed by atoms with Gasteiger partial charge >= 0.3 is 0 Å². The fraction of sp³-hybridized carbons (Fsp3) is 0.341. The first-order valence-corrected chi connectivity index (χ1v) is 19.1. The van der Waals surface area contributed by atoms with Crippen LogP contribution in [0.15, 0.2) is 90.5 Å². The molecular weight excluding hydrogens is 750 g/mol. The van der Waals surface area contributed by atoms with E-state index in [0.717, 1.165) is 5.57 Å². The lowest BCUT2D eigenvalue weighted by atomic mass is 9.79. The number of ether oxygens (including phenoxy) is 4. The molecule has 9 rings (SSSR count). The molecule has 17 heteroatoms. The van der Waals surface area contributed by atoms with Crippen molar-refractivity contribution in [1.29, 1.82) is 0 Å². The van der Waals surface area contributed by atoms with E-state index in [1.165, 1.54) is 18.4 Å². The van der Waals surface area contributed by atoms with E-state index < -0.39 is 72.4 Å². The van der Waals surface area contributed by atoms with Gasteiger partial charge in [-0.05, 0) is 41.8 Å². The van der Waals surface area contributed by atoms with E-state index in [4.69, 9.17) is 30.4 Å². The number of nitrogens with zero attached hydrogens (tertiary/aromatic N) is 1. The number of aromatic hydroxyl groups is 1. The number of carbonyl (C=O) groups is 3. The SMILES string of the molecule is NC1=CC(CCO[C@@H]2[C@H]3Oc4c(cc5c(c4O)C(=O)c4ccccc4C5=O)[C@H](c4ccccc4N4CN[C@H]5C(=O)N[C@@H](N)N[C@@H]54)/C=C/OC[C@H](O3)[C@H](O)[C@H]2O)=CCN1. The van der Waals surface area contributed by atoms with Gasteiger partial charge in [-0.15, -0.1) is 0 Å². The number of benzene rings is 3. The highest BCUT2D eigenvalue weighted by atomic mass is 16.7. The number of rotatable bonds is 6. The molecule has 3 fully saturated rings. The van der Waals surface area contributed by atoms with Crippen LogP contribution in [0.2, 0.25) is 0 Å². The number of fused-ring (bicyclic) bond motifs is 6. The molecule has 17 nitrogen and oxygen atoms in total. The monoisotopic (exact) mass is 793 g/mol. The number of phenols is 1. The van der Waals surface area contributed by atoms with E-state index in [-0.39, 0.29) is 59.4 Å². The van der Waals surface area contributed by atoms with Crippen molar-refractivity contribution in [2.75, 3.05) is 31.3 Å². The zero-order chi connectivity index (χ0) is 40.2. The number of aliphatic hydroxyl groups is 2. The third-order valence-electron chi connectivity index (χ3n) is 11.4. The second-order valence-corrected chi connectivity index (χ2v) is 14.9. The van der Waals surface area contributed by atoms with Crippen LogP contribution in [-0.4, -0.2) is 108 Å². The van der Waals surface area contributed by atoms with Gasteiger partial charge in [0.25, 0.3) is 0 Å². The van der Waals surface area contributed by atoms with Crippen LogP contribution in [0.5, 0.6) is 11.5 Å². The maximum Gasteiger partial charge on any atom is 0.242 e. The predicted octanol–water partition coefficient (Wildman–Crippen LogP) is -0.203. The number of nitrogens with one attached hydrogen (secondary N) is 4. The Morgan fingerprint density at radius 2 is 1.74 bits per heavy atom. The summed E-state index contributed by atoms with van der Waals surface area (Å²) < 4.78 is 25.0. The predicted molar refractivity (Wildman–Crippen MR) is 206 cm³/mol. The van der Waals surface area contributed by atoms with Crippen LogP contribution in [0.4, 0.5) is 5.69 Å². The van der Waals surface area contributed by atoms with Crippen molar-refractivity contribution in [3.8, 4) is 11.5 Å². The topological polar surface area (TPSA) is 252 Å². The van der Waals surface area contributed by atoms with E-state index in [2.05, 4.69) is 21.3 Å². The maximum absolute atomic E-state index is 14.2. The lowest BCUT2D eigenvalue weighted by Crippen LogP contribution is -2.70. The summed E-state index contributed by atoms with van der Waals surface area (Å²) in [4.78, 5) is 43.2. The number of dihydropyridines is 1. The molecule has 0 unspecified atom stereocenters. The molecule has 11 N–H and O–H groups in total. The molecule has 58 heavy (non-hydrogen) atoms. The molecule has 5 heterocycles. The molecule has 302 valence electrons. The van der Waals surface area contributed by atoms with Crippen molar-refractivity contribution in [3.05, 3.63) is 124 Å². The number of anilines is 1. The quantitative estimate of drug-likeness (QED) is 0.123. The molecule has 6 aliphatic rings. The average Bonchev–Trinajstić information content (AvgIpc) is 3.63. The Morgan fingerprint density at radius 1 is 0.966 bits per heavy atom. The summed E-state index contributed by atoms with van der Waals surface area (Å²) in [5, 5.41) is 47.2. The van der Waals surface area contributed by atoms with Gasteiger partial charge in [-0.2, -0.15) is 0 Å². The highest BCUT2D eigenvalue weighted by Gasteiger charge is 2.49. The molecule has 0 saturated carbocycles. The Bertz CT molecular complexity index is 2260. The van der Waals surface area contributed by atoms with Crippen LogP contribution in [-0.2, 0) is 19.0 Å². The summed E-state index contributed by atoms with van der Waals surface area (Å²) >= 11 is 0. The van der Waals surface area contributed by atoms with Crippen LogP contribution < -0.4 is 42.4 Å². The van der Waals surface area contributed by atoms with Gasteiger partial charge < -0.3 is 55.5 Å². The minimum atomic E-state index is -1.53. The van der Waals surface area contributed by atoms with Gasteiger partial charge in [0.05, 0.1) is 30.9 Å². The Kier molecular flexibility index (Phi) is 9.89. The molecule has 0 radical (unpaired) electrons. The fourth-order valence-corrected chi connectivity index (χ4v) is 8.51. The highest BCUT2D eigenvalue weighted by molar-refractivity contribution is 6.29. The smallest absolute Gasteiger partial charge is 0.242 e. The second kappa shape index (κ2) is 15.2. The van der Waals surface area contributed by atoms with E-state index >= 15 is 0 Å². The van der Waals surface area contributed by atoms with Gasteiger partial charge in [0, 0.05) is 40.4 Å². The van der Waals surface area contributed by atoms with E-state index in [1.807, 2.05) is 35.2 Å². The van der Waals surface area contributed by atoms with E-state index in [9.17, 15) is 29.7 Å². The summed E-state index contributed by atoms with van der Waals surface area (Å²) in [6.07, 6.45) is -0.960. The third kappa shape index (κ3) is 6.55. The third-order valence-corrected chi connectivity index (χ3v) is 11.4. The minimum Gasteiger partial charge on any atom is -0.504 e. The normalized spacial score (nSPS) is 30.7. The van der Waals surface area contributed by atoms with E-state index in [0.29, 0.717) is 30.0 Å². The van der Waals surface area contributed by atoms with Crippen molar-refractivity contribution in [3.63, 3.8) is 0 Å². The number of phenolic OH excluding ortho intramolecular Hbond substituents is 1. The number of amides is 1. The molecule has 0 spiro atoms. The van der Waals surface area contributed by atoms with Gasteiger partial charge in [-0.3, -0.25) is 30.8 Å². The van der Waals surface area contributed by atoms with Crippen LogP contribution in [0.1, 0.15) is 55.3 Å². The van der Waals surface area contributed by atoms with Crippen LogP contribution in [0.25, 0.3) is 0 Å². The Morgan fingerprint density at radius 3 is 2.55 bits per heavy atom. The standard InChI is InChI=1S/C41H43N7O10/c42-28-15-19(9-12-44-28)10-14-56-37-35(53)33(51)27-17-55-13-11-20(21-5-3-4-8-26(21)48-18-45-30-38(48)46-41(43)47-39(30)54)24-16-25-29(34(52)36(24)58-40(37)57-27)32(50)23-7-2-1-6-22(23)31(25)49/h1-9,11,13,15-16,20,27,30,33,35,37-38,40-41,44-46,51-53H,10,12,14,17-18,42-43H2,(H,47,54)/b13-11+/t20-,27-,30+,33-,35+,37-,38+,40+,41-/m0/s1. The minimum absolute atomic E-state index is 0.0389. The highest BCUT2D eigenvalue weighted by Crippen LogP contribution is 2.48. The first kappa shape index (κ1) is 37.8. The van der Waals surface area contributed by atoms with Crippen molar-refractivity contribution in [2.45, 2.75) is 61.5 Å². The molecule has 0 aromatic heterocycles. The first-order chi connectivity index (χ1) is 28.1. The Hall–Kier alpha value is -5.79. The summed E-state index contributed by atoms with van der Waals surface area (Å²) in [7, 11) is 0. The summed E-state index contributed by atoms with van der Waals surface area (Å²) in [6.45, 7) is 0.664. The number of hydrogen-bond donors (Lipinski definition) is 9. The van der Waals surface area contributed by atoms with Gasteiger partial charge in [0.1, 0.15) is 49.5 Å². The molecule has 1 amide bonds. The lowest BCUT2D eigenvalue weighted by Gasteiger charge is -2.42. The molecular formula is C41H43N7O10. The fourth-order valence-electron chi connectivity index (χ4n) is 8.51. The summed E-state index contributed by atoms with van der Waals surface area (Å²) in [5.41, 5.74) is 14.6. The van der Waals surface area contributed by atoms with Crippen molar-refractivity contribution in [1.82, 2.24) is 21.3 Å². The summed E-state index contributed by atoms with van der Waals surface area (Å²) in [6, 6.07) is 14.7. The van der Waals surface area contributed by atoms with Crippen LogP contribution >= 0.6 is 0 Å². The zero-order valence-corrected chi connectivity index (χ0v) is 31.0. The van der Waals surface area contributed by atoms with Gasteiger partial charge in [0.2, 0.25) is 12.2 Å². The number of carbonyl (C=O) groups excluding carboxylic acids is 3. The molecule has 5 aliphatic heterocycles. The first-order valence-electron chi connectivity index (χ1n) is 19.1. The number of allylic oxidation sites excluding steroid dienone is 2. The van der Waals surface area contributed by atoms with Crippen molar-refractivity contribution < 1.29 is 48.7 Å². The van der Waals surface area contributed by atoms with Crippen molar-refractivity contribution in [2.24, 2.45) is 11.5 Å². The van der Waals surface area contributed by atoms with Gasteiger partial charge in [-0.1, -0.05) is 48.5 Å². The van der Waals surface area contributed by atoms with Gasteiger partial charge in [-0.25, -0.2) is 0 Å². The second-order valence-electron chi connectivity index (χ2n) is 14.9. The maximum atomic E-state index is 14.2. The van der Waals surface area contributed by atoms with Gasteiger partial charge in [0.15, 0.2) is 23.1 Å².